The van der Waals surface area contributed by atoms with Crippen molar-refractivity contribution in [2.75, 3.05) is 4.90 Å². The summed E-state index contributed by atoms with van der Waals surface area (Å²) >= 11 is 0. The Bertz CT molecular complexity index is 3330. The number of hydrogen-bond donors (Lipinski definition) is 0. The number of benzene rings is 9. The standard InChI is InChI=1S/C62H49N3/c1-60(2)49-38-34-44(42-32-35-47(36-33-42)65-58-31-19-16-28-55(58)63-59(65)43-20-8-5-9-21-43)40-53(49)61(3,4)54-41-48(37-39-50(54)60)64-56-29-17-14-26-51(56)62(45-22-10-6-11-23-45,46-24-12-7-13-25-46)52-27-15-18-30-57(52)64/h5-41H,1-4H3. The highest BCUT2D eigenvalue weighted by Gasteiger charge is 2.47. The molecule has 65 heavy (non-hydrogen) atoms. The summed E-state index contributed by atoms with van der Waals surface area (Å²) in [6, 6.07) is 82.5. The maximum absolute atomic E-state index is 5.09. The van der Waals surface area contributed by atoms with Crippen molar-refractivity contribution in [2.24, 2.45) is 0 Å². The molecular weight excluding hydrogens is 787 g/mol. The lowest BCUT2D eigenvalue weighted by atomic mass is 9.59. The van der Waals surface area contributed by atoms with E-state index in [2.05, 4.69) is 262 Å². The van der Waals surface area contributed by atoms with Gasteiger partial charge in [0.1, 0.15) is 5.82 Å². The Hall–Kier alpha value is -7.75. The molecule has 1 aromatic heterocycles. The Labute approximate surface area is 382 Å². The van der Waals surface area contributed by atoms with E-state index in [4.69, 9.17) is 4.98 Å². The molecular formula is C62H49N3. The molecule has 0 fully saturated rings. The van der Waals surface area contributed by atoms with Crippen LogP contribution in [0, 0.1) is 0 Å². The number of fused-ring (bicyclic) bond motifs is 5. The summed E-state index contributed by atoms with van der Waals surface area (Å²) in [5.41, 5.74) is 19.8. The quantitative estimate of drug-likeness (QED) is 0.166. The molecule has 0 saturated heterocycles. The van der Waals surface area contributed by atoms with Crippen LogP contribution < -0.4 is 4.90 Å². The smallest absolute Gasteiger partial charge is 0.145 e. The third-order valence-electron chi connectivity index (χ3n) is 14.5. The molecule has 2 heterocycles. The average Bonchev–Trinajstić information content (AvgIpc) is 3.76. The maximum Gasteiger partial charge on any atom is 0.145 e. The average molecular weight is 836 g/mol. The lowest BCUT2D eigenvalue weighted by molar-refractivity contribution is 0.521. The van der Waals surface area contributed by atoms with Crippen LogP contribution in [0.1, 0.15) is 72.2 Å². The van der Waals surface area contributed by atoms with E-state index >= 15 is 0 Å². The van der Waals surface area contributed by atoms with Gasteiger partial charge in [-0.1, -0.05) is 198 Å². The number of rotatable bonds is 6. The third-order valence-corrected chi connectivity index (χ3v) is 14.5. The van der Waals surface area contributed by atoms with Crippen LogP contribution in [0.15, 0.2) is 224 Å². The van der Waals surface area contributed by atoms with Crippen molar-refractivity contribution in [1.29, 1.82) is 0 Å². The summed E-state index contributed by atoms with van der Waals surface area (Å²) in [6.07, 6.45) is 0. The summed E-state index contributed by atoms with van der Waals surface area (Å²) in [6.45, 7) is 9.63. The normalized spacial score (nSPS) is 15.1. The summed E-state index contributed by atoms with van der Waals surface area (Å²) in [5, 5.41) is 0. The first-order valence-electron chi connectivity index (χ1n) is 22.8. The number of aromatic nitrogens is 2. The fourth-order valence-electron chi connectivity index (χ4n) is 11.4. The monoisotopic (exact) mass is 835 g/mol. The van der Waals surface area contributed by atoms with Crippen molar-refractivity contribution < 1.29 is 0 Å². The molecule has 1 aliphatic carbocycles. The molecule has 0 atom stereocenters. The van der Waals surface area contributed by atoms with E-state index in [1.54, 1.807) is 0 Å². The lowest BCUT2D eigenvalue weighted by Gasteiger charge is -2.47. The molecule has 10 aromatic rings. The van der Waals surface area contributed by atoms with Crippen LogP contribution in [0.5, 0.6) is 0 Å². The molecule has 9 aromatic carbocycles. The van der Waals surface area contributed by atoms with E-state index in [0.29, 0.717) is 0 Å². The molecule has 1 aliphatic heterocycles. The molecule has 3 heteroatoms. The number of nitrogens with zero attached hydrogens (tertiary/aromatic N) is 3. The zero-order valence-corrected chi connectivity index (χ0v) is 37.2. The van der Waals surface area contributed by atoms with Crippen LogP contribution in [-0.2, 0) is 16.2 Å². The fourth-order valence-corrected chi connectivity index (χ4v) is 11.4. The predicted molar refractivity (Wildman–Crippen MR) is 269 cm³/mol. The van der Waals surface area contributed by atoms with Crippen molar-refractivity contribution >= 4 is 28.1 Å². The van der Waals surface area contributed by atoms with Gasteiger partial charge in [0.15, 0.2) is 0 Å². The second-order valence-corrected chi connectivity index (χ2v) is 18.8. The van der Waals surface area contributed by atoms with Gasteiger partial charge < -0.3 is 4.90 Å². The van der Waals surface area contributed by atoms with Gasteiger partial charge in [-0.05, 0) is 110 Å². The molecule has 0 amide bonds. The van der Waals surface area contributed by atoms with Crippen LogP contribution in [0.25, 0.3) is 39.2 Å². The highest BCUT2D eigenvalue weighted by molar-refractivity contribution is 5.90. The van der Waals surface area contributed by atoms with E-state index in [0.717, 1.165) is 28.1 Å². The first kappa shape index (κ1) is 38.9. The Morgan fingerprint density at radius 3 is 1.46 bits per heavy atom. The van der Waals surface area contributed by atoms with Crippen molar-refractivity contribution in [3.8, 4) is 28.2 Å². The van der Waals surface area contributed by atoms with E-state index in [9.17, 15) is 0 Å². The largest absolute Gasteiger partial charge is 0.310 e. The minimum atomic E-state index is -0.508. The second kappa shape index (κ2) is 14.7. The zero-order valence-electron chi connectivity index (χ0n) is 37.2. The number of para-hydroxylation sites is 4. The summed E-state index contributed by atoms with van der Waals surface area (Å²) in [4.78, 5) is 7.60. The van der Waals surface area contributed by atoms with E-state index < -0.39 is 5.41 Å². The van der Waals surface area contributed by atoms with Gasteiger partial charge in [-0.25, -0.2) is 4.98 Å². The minimum absolute atomic E-state index is 0.203. The molecule has 12 rings (SSSR count). The SMILES string of the molecule is CC1(C)c2ccc(-c3ccc(-n4c(-c5ccccc5)nc5ccccc54)cc3)cc2C(C)(C)c2cc(N3c4ccccc4C(c4ccccc4)(c4ccccc4)c4ccccc43)ccc21. The highest BCUT2D eigenvalue weighted by Crippen LogP contribution is 2.59. The Balaban J connectivity index is 0.968. The Kier molecular flexibility index (Phi) is 8.77. The Morgan fingerprint density at radius 1 is 0.354 bits per heavy atom. The molecule has 0 radical (unpaired) electrons. The molecule has 312 valence electrons. The summed E-state index contributed by atoms with van der Waals surface area (Å²) < 4.78 is 2.28. The first-order chi connectivity index (χ1) is 31.8. The first-order valence-corrected chi connectivity index (χ1v) is 22.8. The summed E-state index contributed by atoms with van der Waals surface area (Å²) in [7, 11) is 0. The predicted octanol–water partition coefficient (Wildman–Crippen LogP) is 15.5. The number of hydrogen-bond acceptors (Lipinski definition) is 2. The molecule has 0 N–H and O–H groups in total. The van der Waals surface area contributed by atoms with Gasteiger partial charge in [0, 0.05) is 27.8 Å². The van der Waals surface area contributed by atoms with Crippen LogP contribution in [0.2, 0.25) is 0 Å². The lowest BCUT2D eigenvalue weighted by Crippen LogP contribution is -2.38. The van der Waals surface area contributed by atoms with E-state index in [1.165, 1.54) is 72.7 Å². The van der Waals surface area contributed by atoms with Gasteiger partial charge in [0.05, 0.1) is 27.8 Å². The van der Waals surface area contributed by atoms with Crippen LogP contribution in [-0.4, -0.2) is 9.55 Å². The topological polar surface area (TPSA) is 21.1 Å². The van der Waals surface area contributed by atoms with Crippen molar-refractivity contribution in [3.63, 3.8) is 0 Å². The Morgan fingerprint density at radius 2 is 0.831 bits per heavy atom. The van der Waals surface area contributed by atoms with Gasteiger partial charge in [-0.2, -0.15) is 0 Å². The minimum Gasteiger partial charge on any atom is -0.310 e. The second-order valence-electron chi connectivity index (χ2n) is 18.8. The van der Waals surface area contributed by atoms with Gasteiger partial charge in [0.2, 0.25) is 0 Å². The van der Waals surface area contributed by atoms with Crippen molar-refractivity contribution in [2.45, 2.75) is 43.9 Å². The highest BCUT2D eigenvalue weighted by atomic mass is 15.2. The molecule has 2 aliphatic rings. The third kappa shape index (κ3) is 5.78. The molecule has 0 saturated carbocycles. The number of anilines is 3. The number of imidazole rings is 1. The van der Waals surface area contributed by atoms with Crippen molar-refractivity contribution in [3.05, 3.63) is 269 Å². The van der Waals surface area contributed by atoms with E-state index in [-0.39, 0.29) is 10.8 Å². The molecule has 0 spiro atoms. The fraction of sp³-hybridized carbons (Fsp3) is 0.113. The van der Waals surface area contributed by atoms with Gasteiger partial charge in [-0.3, -0.25) is 4.57 Å². The molecule has 0 unspecified atom stereocenters. The molecule has 3 nitrogen and oxygen atoms in total. The molecule has 0 bridgehead atoms. The van der Waals surface area contributed by atoms with Crippen molar-refractivity contribution in [1.82, 2.24) is 9.55 Å². The van der Waals surface area contributed by atoms with Crippen LogP contribution >= 0.6 is 0 Å². The van der Waals surface area contributed by atoms with Crippen LogP contribution in [0.3, 0.4) is 0 Å². The van der Waals surface area contributed by atoms with Crippen LogP contribution in [0.4, 0.5) is 17.1 Å². The summed E-state index contributed by atoms with van der Waals surface area (Å²) in [5.74, 6) is 0.943. The zero-order chi connectivity index (χ0) is 43.9. The van der Waals surface area contributed by atoms with E-state index in [1.807, 2.05) is 0 Å². The maximum atomic E-state index is 5.09. The van der Waals surface area contributed by atoms with Gasteiger partial charge >= 0.3 is 0 Å². The van der Waals surface area contributed by atoms with Gasteiger partial charge in [0.25, 0.3) is 0 Å². The van der Waals surface area contributed by atoms with Gasteiger partial charge in [-0.15, -0.1) is 0 Å².